The highest BCUT2D eigenvalue weighted by Gasteiger charge is 2.42. The second-order valence-corrected chi connectivity index (χ2v) is 29.5. The number of fused-ring (bicyclic) bond motifs is 6. The molecule has 20 rings (SSSR count). The Kier molecular flexibility index (Phi) is 19.2. The van der Waals surface area contributed by atoms with Crippen molar-refractivity contribution in [2.75, 3.05) is 0 Å². The van der Waals surface area contributed by atoms with Gasteiger partial charge >= 0.3 is 6.18 Å². The first-order valence-electron chi connectivity index (χ1n) is 39.7. The van der Waals surface area contributed by atoms with Gasteiger partial charge in [-0.1, -0.05) is 291 Å². The highest BCUT2D eigenvalue weighted by atomic mass is 19.4. The first-order valence-corrected chi connectivity index (χ1v) is 39.7. The lowest BCUT2D eigenvalue weighted by atomic mass is 9.77. The molecule has 576 valence electrons. The van der Waals surface area contributed by atoms with Gasteiger partial charge in [0.2, 0.25) is 0 Å². The molecule has 0 amide bonds. The van der Waals surface area contributed by atoms with E-state index in [1.54, 1.807) is 19.1 Å². The van der Waals surface area contributed by atoms with E-state index in [0.717, 1.165) is 83.6 Å². The van der Waals surface area contributed by atoms with E-state index in [1.165, 1.54) is 6.08 Å². The Morgan fingerprint density at radius 3 is 0.934 bits per heavy atom. The molecule has 2 aliphatic carbocycles. The number of hydrogen-bond acceptors (Lipinski definition) is 13. The minimum absolute atomic E-state index is 0.157. The first kappa shape index (κ1) is 74.3. The summed E-state index contributed by atoms with van der Waals surface area (Å²) in [5.74, 6) is 6.45. The van der Waals surface area contributed by atoms with Gasteiger partial charge in [-0.05, 0) is 113 Å². The summed E-state index contributed by atoms with van der Waals surface area (Å²) in [5.41, 5.74) is 14.9. The Balaban J connectivity index is 0.823. The van der Waals surface area contributed by atoms with Crippen LogP contribution in [0, 0.1) is 29.6 Å². The van der Waals surface area contributed by atoms with Gasteiger partial charge in [0.25, 0.3) is 0 Å². The molecule has 122 heavy (non-hydrogen) atoms. The molecular formula is C105H65F3N14. The normalized spacial score (nSPS) is 13.3. The lowest BCUT2D eigenvalue weighted by Gasteiger charge is -2.27. The zero-order valence-corrected chi connectivity index (χ0v) is 65.2. The van der Waals surface area contributed by atoms with Gasteiger partial charge in [-0.3, -0.25) is 0 Å². The lowest BCUT2D eigenvalue weighted by Crippen LogP contribution is -2.15. The molecule has 0 fully saturated rings. The first-order chi connectivity index (χ1) is 59.9. The summed E-state index contributed by atoms with van der Waals surface area (Å²) in [5, 5.41) is 13.5. The fourth-order valence-corrected chi connectivity index (χ4v) is 16.5. The van der Waals surface area contributed by atoms with Crippen LogP contribution in [0.2, 0.25) is 0 Å². The number of benzene rings is 13. The van der Waals surface area contributed by atoms with E-state index in [2.05, 4.69) is 59.0 Å². The second-order valence-electron chi connectivity index (χ2n) is 29.5. The number of hydrogen-bond donors (Lipinski definition) is 0. The minimum Gasteiger partial charge on any atom is -0.309 e. The van der Waals surface area contributed by atoms with Gasteiger partial charge in [-0.25, -0.2) is 59.8 Å². The van der Waals surface area contributed by atoms with Crippen LogP contribution < -0.4 is 0 Å². The zero-order chi connectivity index (χ0) is 82.4. The van der Waals surface area contributed by atoms with Gasteiger partial charge in [0.1, 0.15) is 0 Å². The molecule has 0 saturated carbocycles. The van der Waals surface area contributed by atoms with Crippen molar-refractivity contribution in [1.29, 1.82) is 5.26 Å². The molecule has 5 heterocycles. The Hall–Kier alpha value is -16.5. The maximum atomic E-state index is 15.8. The average Bonchev–Trinajstić information content (AvgIpc) is 1.55. The van der Waals surface area contributed by atoms with Gasteiger partial charge < -0.3 is 4.57 Å². The van der Waals surface area contributed by atoms with E-state index in [9.17, 15) is 5.26 Å². The third kappa shape index (κ3) is 14.0. The number of nitrogens with zero attached hydrogens (tertiary/aromatic N) is 14. The largest absolute Gasteiger partial charge is 0.417 e. The predicted molar refractivity (Wildman–Crippen MR) is 475 cm³/mol. The Morgan fingerprint density at radius 1 is 0.352 bits per heavy atom. The van der Waals surface area contributed by atoms with Crippen molar-refractivity contribution in [1.82, 2.24) is 64.4 Å². The number of nitriles is 1. The van der Waals surface area contributed by atoms with Crippen molar-refractivity contribution in [2.24, 2.45) is 5.92 Å². The molecule has 0 aliphatic heterocycles. The van der Waals surface area contributed by atoms with Crippen LogP contribution in [0.1, 0.15) is 35.1 Å². The highest BCUT2D eigenvalue weighted by molar-refractivity contribution is 6.12. The number of aromatic nitrogens is 13. The smallest absolute Gasteiger partial charge is 0.309 e. The number of rotatable bonds is 17. The SMILES string of the molecule is C#C/C=C(\C(=C/C)c1ccc(-n2c3ccc(-c4nc(-c5ccccc5)nc(-c5ccccc5)n4)cc3c3cc(-c4nc(-c5ccccc5)nc(-c5ccccc5)n4)ccc32)c(C2=C(C#N)C=CC2C2c3ccc(-c4nc(-c5ccccc5)nc(-c5ccccc5)n4)cc3-c3cc(-c4nc(-c5ccccc5)nc(-c5ccccc5)n4)ccc32)c1)C(F)(F)F. The molecule has 1 atom stereocenters. The van der Waals surface area contributed by atoms with E-state index >= 15 is 13.2 Å². The molecule has 0 bridgehead atoms. The quantitative estimate of drug-likeness (QED) is 0.0620. The summed E-state index contributed by atoms with van der Waals surface area (Å²) in [6.07, 6.45) is 7.01. The summed E-state index contributed by atoms with van der Waals surface area (Å²) in [6, 6.07) is 111. The average molecular weight is 1580 g/mol. The van der Waals surface area contributed by atoms with E-state index in [4.69, 9.17) is 66.2 Å². The molecule has 0 spiro atoms. The fourth-order valence-electron chi connectivity index (χ4n) is 16.5. The summed E-state index contributed by atoms with van der Waals surface area (Å²) in [4.78, 5) is 62.0. The third-order valence-corrected chi connectivity index (χ3v) is 22.2. The molecule has 17 heteroatoms. The molecule has 2 aliphatic rings. The molecule has 18 aromatic rings. The van der Waals surface area contributed by atoms with Crippen molar-refractivity contribution >= 4 is 33.0 Å². The van der Waals surface area contributed by atoms with Crippen LogP contribution in [0.15, 0.2) is 369 Å². The summed E-state index contributed by atoms with van der Waals surface area (Å²) in [6.45, 7) is 1.57. The van der Waals surface area contributed by atoms with E-state index in [1.807, 2.05) is 291 Å². The van der Waals surface area contributed by atoms with E-state index in [-0.39, 0.29) is 11.1 Å². The van der Waals surface area contributed by atoms with Crippen LogP contribution in [-0.2, 0) is 0 Å². The topological polar surface area (TPSA) is 183 Å². The van der Waals surface area contributed by atoms with E-state index < -0.39 is 23.6 Å². The van der Waals surface area contributed by atoms with Gasteiger partial charge in [0, 0.05) is 101 Å². The molecule has 0 saturated heterocycles. The molecular weight excluding hydrogens is 1510 g/mol. The van der Waals surface area contributed by atoms with Crippen LogP contribution in [-0.4, -0.2) is 70.6 Å². The monoisotopic (exact) mass is 1580 g/mol. The predicted octanol–water partition coefficient (Wildman–Crippen LogP) is 24.3. The Labute approximate surface area is 699 Å². The molecule has 13 aromatic carbocycles. The molecule has 5 aromatic heterocycles. The van der Waals surface area contributed by atoms with Crippen LogP contribution in [0.25, 0.3) is 186 Å². The maximum absolute atomic E-state index is 15.8. The van der Waals surface area contributed by atoms with Crippen LogP contribution in [0.4, 0.5) is 13.2 Å². The van der Waals surface area contributed by atoms with Crippen LogP contribution in [0.3, 0.4) is 0 Å². The molecule has 0 N–H and O–H groups in total. The Morgan fingerprint density at radius 2 is 0.648 bits per heavy atom. The number of halogens is 3. The number of allylic oxidation sites excluding steroid dienone is 8. The second kappa shape index (κ2) is 31.5. The van der Waals surface area contributed by atoms with E-state index in [0.29, 0.717) is 126 Å². The number of terminal acetylenes is 1. The van der Waals surface area contributed by atoms with Crippen molar-refractivity contribution in [3.8, 4) is 172 Å². The molecule has 1 unspecified atom stereocenters. The molecule has 0 radical (unpaired) electrons. The zero-order valence-electron chi connectivity index (χ0n) is 65.2. The van der Waals surface area contributed by atoms with Gasteiger partial charge in [-0.2, -0.15) is 18.4 Å². The maximum Gasteiger partial charge on any atom is 0.417 e. The fraction of sp³-hybridized carbons (Fsp3) is 0.0381. The van der Waals surface area contributed by atoms with Crippen molar-refractivity contribution in [2.45, 2.75) is 19.0 Å². The minimum atomic E-state index is -4.88. The number of alkyl halides is 3. The van der Waals surface area contributed by atoms with Crippen LogP contribution >= 0.6 is 0 Å². The summed E-state index contributed by atoms with van der Waals surface area (Å²) < 4.78 is 49.6. The molecule has 14 nitrogen and oxygen atoms in total. The lowest BCUT2D eigenvalue weighted by molar-refractivity contribution is -0.0870. The van der Waals surface area contributed by atoms with Gasteiger partial charge in [0.05, 0.1) is 33.9 Å². The third-order valence-electron chi connectivity index (χ3n) is 22.2. The van der Waals surface area contributed by atoms with Crippen molar-refractivity contribution in [3.63, 3.8) is 0 Å². The highest BCUT2D eigenvalue weighted by Crippen LogP contribution is 2.57. The summed E-state index contributed by atoms with van der Waals surface area (Å²) in [7, 11) is 0. The standard InChI is InChI=1S/C105H65F3N14/c1-3-29-87(105(106,107)108)78(4-2)72-49-55-90(122-88-56-50-75(103-118-97(68-38-21-9-22-39-68)112-98(119-103)69-40-23-10-24-41-69)61-84(88)85-62-76(51-57-89(85)122)104-120-99(70-42-25-11-26-43-70)113-100(121-104)71-44-27-12-28-45-71)86(58-72)91-77(63-109)48-54-81(91)92-79-52-46-73(101-114-93(64-30-13-5-14-31-64)110-94(115-101)65-32-15-6-16-33-65)59-82(79)83-60-74(47-53-80(83)92)102-116-95(66-34-17-7-18-35-66)111-96(117-102)67-36-19-8-20-37-67/h1,4-62,81,92H,2H3/b78-4-,87-29+. The van der Waals surface area contributed by atoms with Crippen molar-refractivity contribution in [3.05, 3.63) is 391 Å². The Bertz CT molecular complexity index is 6780. The van der Waals surface area contributed by atoms with Gasteiger partial charge in [-0.15, -0.1) is 6.42 Å². The van der Waals surface area contributed by atoms with Gasteiger partial charge in [0.15, 0.2) is 69.9 Å². The van der Waals surface area contributed by atoms with Crippen molar-refractivity contribution < 1.29 is 13.2 Å². The van der Waals surface area contributed by atoms with Crippen LogP contribution in [0.5, 0.6) is 0 Å². The summed E-state index contributed by atoms with van der Waals surface area (Å²) >= 11 is 0.